The van der Waals surface area contributed by atoms with Crippen molar-refractivity contribution in [3.63, 3.8) is 0 Å². The maximum atomic E-state index is 13.8. The van der Waals surface area contributed by atoms with Crippen LogP contribution in [0.25, 0.3) is 0 Å². The Hall–Kier alpha value is -0.450. The van der Waals surface area contributed by atoms with Crippen molar-refractivity contribution in [2.75, 3.05) is 20.2 Å². The van der Waals surface area contributed by atoms with Crippen LogP contribution in [0.5, 0.6) is 0 Å². The van der Waals surface area contributed by atoms with Crippen molar-refractivity contribution in [1.29, 1.82) is 0 Å². The van der Waals surface area contributed by atoms with Gasteiger partial charge < -0.3 is 4.74 Å². The number of halogens is 2. The van der Waals surface area contributed by atoms with E-state index >= 15 is 0 Å². The molecule has 0 saturated carbocycles. The zero-order chi connectivity index (χ0) is 13.2. The molecule has 0 aliphatic carbocycles. The molecule has 0 bridgehead atoms. The van der Waals surface area contributed by atoms with Crippen LogP contribution in [0.15, 0.2) is 22.7 Å². The fourth-order valence-electron chi connectivity index (χ4n) is 2.50. The summed E-state index contributed by atoms with van der Waals surface area (Å²) in [5.74, 6) is -0.144. The second-order valence-electron chi connectivity index (χ2n) is 5.20. The molecular weight excluding hydrogens is 297 g/mol. The van der Waals surface area contributed by atoms with Gasteiger partial charge in [0.1, 0.15) is 5.82 Å². The van der Waals surface area contributed by atoms with Crippen LogP contribution in [-0.4, -0.2) is 30.7 Å². The second kappa shape index (κ2) is 5.68. The fourth-order valence-corrected chi connectivity index (χ4v) is 2.83. The van der Waals surface area contributed by atoms with Gasteiger partial charge in [-0.2, -0.15) is 0 Å². The molecule has 0 aromatic heterocycles. The molecular formula is C14H19BrFNO. The largest absolute Gasteiger partial charge is 0.377 e. The molecule has 1 atom stereocenters. The smallest absolute Gasteiger partial charge is 0.128 e. The molecule has 1 saturated heterocycles. The van der Waals surface area contributed by atoms with E-state index in [-0.39, 0.29) is 11.4 Å². The number of hydrogen-bond acceptors (Lipinski definition) is 2. The van der Waals surface area contributed by atoms with E-state index in [2.05, 4.69) is 27.8 Å². The highest BCUT2D eigenvalue weighted by molar-refractivity contribution is 9.10. The van der Waals surface area contributed by atoms with Gasteiger partial charge in [-0.1, -0.05) is 22.0 Å². The van der Waals surface area contributed by atoms with Crippen molar-refractivity contribution < 1.29 is 9.13 Å². The van der Waals surface area contributed by atoms with E-state index in [1.807, 2.05) is 12.1 Å². The summed E-state index contributed by atoms with van der Waals surface area (Å²) in [7, 11) is 1.75. The van der Waals surface area contributed by atoms with E-state index < -0.39 is 0 Å². The van der Waals surface area contributed by atoms with Crippen molar-refractivity contribution in [3.8, 4) is 0 Å². The first-order valence-corrected chi connectivity index (χ1v) is 7.03. The van der Waals surface area contributed by atoms with Crippen molar-refractivity contribution in [3.05, 3.63) is 34.1 Å². The Labute approximate surface area is 116 Å². The lowest BCUT2D eigenvalue weighted by atomic mass is 9.94. The number of benzene rings is 1. The van der Waals surface area contributed by atoms with Crippen LogP contribution in [0.3, 0.4) is 0 Å². The number of ether oxygens (including phenoxy) is 1. The van der Waals surface area contributed by atoms with E-state index in [4.69, 9.17) is 4.74 Å². The predicted molar refractivity (Wildman–Crippen MR) is 74.0 cm³/mol. The summed E-state index contributed by atoms with van der Waals surface area (Å²) in [6, 6.07) is 5.25. The molecule has 1 aliphatic rings. The highest BCUT2D eigenvalue weighted by atomic mass is 79.9. The molecule has 0 amide bonds. The molecule has 1 heterocycles. The third-order valence-electron chi connectivity index (χ3n) is 3.64. The highest BCUT2D eigenvalue weighted by Crippen LogP contribution is 2.26. The van der Waals surface area contributed by atoms with Crippen LogP contribution in [0.2, 0.25) is 0 Å². The van der Waals surface area contributed by atoms with Gasteiger partial charge in [0, 0.05) is 30.2 Å². The Morgan fingerprint density at radius 2 is 2.28 bits per heavy atom. The number of piperidine rings is 1. The summed E-state index contributed by atoms with van der Waals surface area (Å²) in [5, 5.41) is 0. The molecule has 100 valence electrons. The third-order valence-corrected chi connectivity index (χ3v) is 4.13. The van der Waals surface area contributed by atoms with Gasteiger partial charge in [0.2, 0.25) is 0 Å². The molecule has 1 unspecified atom stereocenters. The van der Waals surface area contributed by atoms with Gasteiger partial charge in [-0.25, -0.2) is 4.39 Å². The summed E-state index contributed by atoms with van der Waals surface area (Å²) in [6.45, 7) is 4.64. The number of likely N-dealkylation sites (tertiary alicyclic amines) is 1. The fraction of sp³-hybridized carbons (Fsp3) is 0.571. The summed E-state index contributed by atoms with van der Waals surface area (Å²) >= 11 is 3.28. The van der Waals surface area contributed by atoms with E-state index in [0.29, 0.717) is 6.54 Å². The maximum absolute atomic E-state index is 13.8. The molecule has 4 heteroatoms. The minimum atomic E-state index is -0.144. The molecule has 0 spiro atoms. The Morgan fingerprint density at radius 3 is 2.94 bits per heavy atom. The van der Waals surface area contributed by atoms with Crippen LogP contribution in [0.1, 0.15) is 25.3 Å². The summed E-state index contributed by atoms with van der Waals surface area (Å²) < 4.78 is 20.1. The molecule has 0 N–H and O–H groups in total. The third kappa shape index (κ3) is 3.31. The Balaban J connectivity index is 2.05. The predicted octanol–water partition coefficient (Wildman–Crippen LogP) is 3.59. The molecule has 1 aromatic carbocycles. The topological polar surface area (TPSA) is 12.5 Å². The number of methoxy groups -OCH3 is 1. The van der Waals surface area contributed by atoms with Crippen molar-refractivity contribution in [1.82, 2.24) is 4.90 Å². The average molecular weight is 316 g/mol. The van der Waals surface area contributed by atoms with Gasteiger partial charge in [0.15, 0.2) is 0 Å². The van der Waals surface area contributed by atoms with Gasteiger partial charge in [-0.3, -0.25) is 4.90 Å². The number of hydrogen-bond donors (Lipinski definition) is 0. The number of nitrogens with zero attached hydrogens (tertiary/aromatic N) is 1. The lowest BCUT2D eigenvalue weighted by molar-refractivity contribution is -0.0528. The first-order valence-electron chi connectivity index (χ1n) is 6.24. The zero-order valence-electron chi connectivity index (χ0n) is 10.9. The van der Waals surface area contributed by atoms with E-state index in [0.717, 1.165) is 36.0 Å². The van der Waals surface area contributed by atoms with E-state index in [9.17, 15) is 4.39 Å². The molecule has 1 fully saturated rings. The molecule has 18 heavy (non-hydrogen) atoms. The highest BCUT2D eigenvalue weighted by Gasteiger charge is 2.30. The quantitative estimate of drug-likeness (QED) is 0.845. The lowest BCUT2D eigenvalue weighted by Crippen LogP contribution is -2.46. The monoisotopic (exact) mass is 315 g/mol. The molecule has 2 nitrogen and oxygen atoms in total. The van der Waals surface area contributed by atoms with Crippen LogP contribution < -0.4 is 0 Å². The Morgan fingerprint density at radius 1 is 1.50 bits per heavy atom. The molecule has 2 rings (SSSR count). The van der Waals surface area contributed by atoms with Crippen molar-refractivity contribution in [2.45, 2.75) is 31.9 Å². The lowest BCUT2D eigenvalue weighted by Gasteiger charge is -2.39. The first kappa shape index (κ1) is 14.0. The normalized spacial score (nSPS) is 25.3. The van der Waals surface area contributed by atoms with Gasteiger partial charge >= 0.3 is 0 Å². The standard InChI is InChI=1S/C14H19BrFNO/c1-14(18-2)6-3-7-17(10-14)9-11-4-5-12(15)8-13(11)16/h4-5,8H,3,6-7,9-10H2,1-2H3. The summed E-state index contributed by atoms with van der Waals surface area (Å²) in [5.41, 5.74) is 0.655. The van der Waals surface area contributed by atoms with Gasteiger partial charge in [0.25, 0.3) is 0 Å². The van der Waals surface area contributed by atoms with E-state index in [1.54, 1.807) is 7.11 Å². The number of rotatable bonds is 3. The Bertz CT molecular complexity index is 426. The molecule has 1 aliphatic heterocycles. The maximum Gasteiger partial charge on any atom is 0.128 e. The van der Waals surface area contributed by atoms with Crippen LogP contribution in [0.4, 0.5) is 4.39 Å². The minimum Gasteiger partial charge on any atom is -0.377 e. The van der Waals surface area contributed by atoms with Crippen LogP contribution in [0, 0.1) is 5.82 Å². The Kier molecular flexibility index (Phi) is 4.41. The van der Waals surface area contributed by atoms with Gasteiger partial charge in [-0.05, 0) is 38.4 Å². The minimum absolute atomic E-state index is 0.0932. The first-order chi connectivity index (χ1) is 8.52. The zero-order valence-corrected chi connectivity index (χ0v) is 12.5. The SMILES string of the molecule is COC1(C)CCCN(Cc2ccc(Br)cc2F)C1. The summed E-state index contributed by atoms with van der Waals surface area (Å²) in [4.78, 5) is 2.26. The summed E-state index contributed by atoms with van der Waals surface area (Å²) in [6.07, 6.45) is 2.17. The van der Waals surface area contributed by atoms with Gasteiger partial charge in [0.05, 0.1) is 5.60 Å². The second-order valence-corrected chi connectivity index (χ2v) is 6.12. The molecule has 1 aromatic rings. The van der Waals surface area contributed by atoms with Gasteiger partial charge in [-0.15, -0.1) is 0 Å². The van der Waals surface area contributed by atoms with Crippen molar-refractivity contribution >= 4 is 15.9 Å². The molecule has 0 radical (unpaired) electrons. The average Bonchev–Trinajstić information content (AvgIpc) is 2.33. The van der Waals surface area contributed by atoms with Crippen molar-refractivity contribution in [2.24, 2.45) is 0 Å². The van der Waals surface area contributed by atoms with E-state index in [1.165, 1.54) is 6.07 Å². The van der Waals surface area contributed by atoms with Crippen LogP contribution >= 0.6 is 15.9 Å². The van der Waals surface area contributed by atoms with Crippen LogP contribution in [-0.2, 0) is 11.3 Å².